The Morgan fingerprint density at radius 2 is 1.66 bits per heavy atom. The molecule has 2 saturated heterocycles. The number of rotatable bonds is 16. The minimum absolute atomic E-state index is 0.00956. The van der Waals surface area contributed by atoms with Gasteiger partial charge in [-0.05, 0) is 92.0 Å². The van der Waals surface area contributed by atoms with Crippen LogP contribution in [0.3, 0.4) is 0 Å². The van der Waals surface area contributed by atoms with E-state index in [0.29, 0.717) is 34.4 Å². The van der Waals surface area contributed by atoms with Crippen molar-refractivity contribution < 1.29 is 33.8 Å². The van der Waals surface area contributed by atoms with Crippen molar-refractivity contribution in [2.24, 2.45) is 22.2 Å². The quantitative estimate of drug-likeness (QED) is 0.0797. The van der Waals surface area contributed by atoms with E-state index in [9.17, 15) is 29.5 Å². The van der Waals surface area contributed by atoms with Crippen LogP contribution in [0.1, 0.15) is 114 Å². The molecule has 4 atom stereocenters. The highest BCUT2D eigenvalue weighted by Gasteiger charge is 2.64. The number of carbonyl (C=O) groups is 4. The number of nitrogens with zero attached hydrogens (tertiary/aromatic N) is 4. The molecule has 16 heteroatoms. The summed E-state index contributed by atoms with van der Waals surface area (Å²) < 4.78 is 12.2. The number of halogens is 1. The number of aliphatic hydroxyl groups excluding tert-OH is 1. The summed E-state index contributed by atoms with van der Waals surface area (Å²) in [5.41, 5.74) is 5.33. The number of nitriles is 1. The van der Waals surface area contributed by atoms with Crippen LogP contribution in [0.2, 0.25) is 5.02 Å². The fraction of sp³-hybridized carbons (Fsp3) is 0.519. The van der Waals surface area contributed by atoms with Gasteiger partial charge in [0.1, 0.15) is 36.6 Å². The van der Waals surface area contributed by atoms with Crippen molar-refractivity contribution in [3.8, 4) is 22.3 Å². The predicted molar refractivity (Wildman–Crippen MR) is 273 cm³/mol. The number of aromatic nitrogens is 1. The molecule has 3 heterocycles. The standard InChI is InChI=1S/C54H68ClN7O7S/c1-32(35-10-12-36(13-11-35)45-33(2)57-31-70-45)58-48(66)43-26-40(63)29-62(43)49(67)46(52(3,4)5)59-44(64)30-68-25-22-34-20-23-61(24-21-34)39-17-14-37(15-18-39)47(65)60-50-53(6,7)51(54(50,8)9)69-41-19-16-38(28-56)42(55)27-41/h10-19,27,31-32,34,40,43,46,50-51,63H,20-26,29-30H2,1-9H3,(H,58,66)(H,59,64)(H,60,65)/t32-,40+,43?,46+,50-,51-/m0/s1. The number of β-amino-alcohol motifs (C(OH)–C–C–N with tert-alkyl or cyclic N) is 1. The van der Waals surface area contributed by atoms with Crippen molar-refractivity contribution in [1.29, 1.82) is 5.26 Å². The van der Waals surface area contributed by atoms with Gasteiger partial charge in [-0.25, -0.2) is 4.98 Å². The summed E-state index contributed by atoms with van der Waals surface area (Å²) in [5.74, 6) is -0.341. The van der Waals surface area contributed by atoms with Crippen molar-refractivity contribution in [2.45, 2.75) is 124 Å². The Balaban J connectivity index is 0.831. The van der Waals surface area contributed by atoms with E-state index in [1.807, 2.05) is 88.7 Å². The first-order chi connectivity index (χ1) is 33.1. The summed E-state index contributed by atoms with van der Waals surface area (Å²) in [6.07, 6.45) is 1.73. The number of nitrogens with one attached hydrogen (secondary N) is 3. The van der Waals surface area contributed by atoms with Crippen molar-refractivity contribution >= 4 is 52.3 Å². The summed E-state index contributed by atoms with van der Waals surface area (Å²) >= 11 is 7.84. The van der Waals surface area contributed by atoms with Crippen LogP contribution in [-0.2, 0) is 19.1 Å². The molecule has 3 aromatic carbocycles. The van der Waals surface area contributed by atoms with Gasteiger partial charge in [0.2, 0.25) is 17.7 Å². The molecule has 0 radical (unpaired) electrons. The fourth-order valence-electron chi connectivity index (χ4n) is 10.7. The SMILES string of the molecule is Cc1ncsc1-c1ccc([C@H](C)NC(=O)C2C[C@@H](O)CN2C(=O)[C@@H](NC(=O)COCCC2CCN(c3ccc(C(=O)N[C@H]4C(C)(C)[C@H](Oc5ccc(C#N)c(Cl)c5)C4(C)C)cc3)CC2)C(C)(C)C)cc1. The molecule has 1 unspecified atom stereocenters. The van der Waals surface area contributed by atoms with Gasteiger partial charge in [0, 0.05) is 66.9 Å². The number of hydrogen-bond donors (Lipinski definition) is 4. The third-order valence-electron chi connectivity index (χ3n) is 14.5. The number of benzene rings is 3. The highest BCUT2D eigenvalue weighted by Crippen LogP contribution is 2.55. The summed E-state index contributed by atoms with van der Waals surface area (Å²) in [6, 6.07) is 20.5. The van der Waals surface area contributed by atoms with Crippen LogP contribution < -0.4 is 25.6 Å². The molecule has 374 valence electrons. The van der Waals surface area contributed by atoms with Crippen LogP contribution in [0.25, 0.3) is 10.4 Å². The van der Waals surface area contributed by atoms with Gasteiger partial charge in [0.05, 0.1) is 38.8 Å². The fourth-order valence-corrected chi connectivity index (χ4v) is 11.8. The number of aryl methyl sites for hydroxylation is 1. The topological polar surface area (TPSA) is 186 Å². The molecule has 0 spiro atoms. The first-order valence-corrected chi connectivity index (χ1v) is 25.5. The second kappa shape index (κ2) is 21.4. The largest absolute Gasteiger partial charge is 0.489 e. The Morgan fingerprint density at radius 1 is 0.986 bits per heavy atom. The zero-order valence-electron chi connectivity index (χ0n) is 41.8. The lowest BCUT2D eigenvalue weighted by atomic mass is 9.49. The number of ether oxygens (including phenoxy) is 2. The van der Waals surface area contributed by atoms with Crippen LogP contribution >= 0.6 is 22.9 Å². The van der Waals surface area contributed by atoms with Crippen molar-refractivity contribution in [2.75, 3.05) is 37.7 Å². The zero-order chi connectivity index (χ0) is 50.7. The predicted octanol–water partition coefficient (Wildman–Crippen LogP) is 8.25. The van der Waals surface area contributed by atoms with E-state index in [2.05, 4.69) is 59.6 Å². The van der Waals surface area contributed by atoms with Crippen LogP contribution in [-0.4, -0.2) is 102 Å². The van der Waals surface area contributed by atoms with Crippen molar-refractivity contribution in [3.63, 3.8) is 0 Å². The number of carbonyl (C=O) groups excluding carboxylic acids is 4. The summed E-state index contributed by atoms with van der Waals surface area (Å²) in [5, 5.41) is 29.5. The molecular weight excluding hydrogens is 926 g/mol. The van der Waals surface area contributed by atoms with Gasteiger partial charge in [-0.1, -0.05) is 84.3 Å². The van der Waals surface area contributed by atoms with E-state index in [1.165, 1.54) is 4.90 Å². The van der Waals surface area contributed by atoms with Crippen LogP contribution in [0.4, 0.5) is 5.69 Å². The maximum Gasteiger partial charge on any atom is 0.251 e. The van der Waals surface area contributed by atoms with E-state index in [4.69, 9.17) is 21.1 Å². The number of thiazole rings is 1. The molecule has 3 aliphatic rings. The van der Waals surface area contributed by atoms with E-state index in [1.54, 1.807) is 29.5 Å². The monoisotopic (exact) mass is 993 g/mol. The molecular formula is C54H68ClN7O7S. The van der Waals surface area contributed by atoms with Gasteiger partial charge in [-0.3, -0.25) is 19.2 Å². The molecule has 4 aromatic rings. The summed E-state index contributed by atoms with van der Waals surface area (Å²) in [7, 11) is 0. The van der Waals surface area contributed by atoms with Gasteiger partial charge in [-0.2, -0.15) is 5.26 Å². The molecule has 4 amide bonds. The molecule has 1 aliphatic carbocycles. The van der Waals surface area contributed by atoms with Crippen LogP contribution in [0.5, 0.6) is 5.75 Å². The molecule has 2 aliphatic heterocycles. The Hall–Kier alpha value is -5.53. The third-order valence-corrected chi connectivity index (χ3v) is 15.8. The lowest BCUT2D eigenvalue weighted by Crippen LogP contribution is -2.74. The maximum absolute atomic E-state index is 14.1. The first kappa shape index (κ1) is 52.3. The lowest BCUT2D eigenvalue weighted by molar-refractivity contribution is -0.164. The van der Waals surface area contributed by atoms with Gasteiger partial charge >= 0.3 is 0 Å². The van der Waals surface area contributed by atoms with Gasteiger partial charge in [0.25, 0.3) is 5.91 Å². The molecule has 0 bridgehead atoms. The minimum Gasteiger partial charge on any atom is -0.489 e. The number of likely N-dealkylation sites (tertiary alicyclic amines) is 1. The van der Waals surface area contributed by atoms with Crippen molar-refractivity contribution in [3.05, 3.63) is 99.6 Å². The third kappa shape index (κ3) is 11.6. The number of anilines is 1. The van der Waals surface area contributed by atoms with Crippen LogP contribution in [0.15, 0.2) is 72.2 Å². The highest BCUT2D eigenvalue weighted by atomic mass is 35.5. The van der Waals surface area contributed by atoms with Gasteiger partial charge in [0.15, 0.2) is 0 Å². The second-order valence-electron chi connectivity index (χ2n) is 21.5. The number of amides is 4. The summed E-state index contributed by atoms with van der Waals surface area (Å²) in [6.45, 7) is 19.7. The van der Waals surface area contributed by atoms with E-state index < -0.39 is 35.4 Å². The summed E-state index contributed by atoms with van der Waals surface area (Å²) in [4.78, 5) is 63.8. The molecule has 70 heavy (non-hydrogen) atoms. The number of hydrogen-bond acceptors (Lipinski definition) is 11. The Bertz CT molecular complexity index is 2550. The maximum atomic E-state index is 14.1. The lowest BCUT2D eigenvalue weighted by Gasteiger charge is -2.63. The number of piperidine rings is 1. The Kier molecular flexibility index (Phi) is 16.0. The average Bonchev–Trinajstić information content (AvgIpc) is 3.95. The molecule has 14 nitrogen and oxygen atoms in total. The van der Waals surface area contributed by atoms with E-state index in [-0.39, 0.29) is 60.4 Å². The minimum atomic E-state index is -0.949. The average molecular weight is 995 g/mol. The van der Waals surface area contributed by atoms with Gasteiger partial charge < -0.3 is 40.3 Å². The normalized spacial score (nSPS) is 21.7. The van der Waals surface area contributed by atoms with Crippen LogP contribution in [0, 0.1) is 40.4 Å². The zero-order valence-corrected chi connectivity index (χ0v) is 43.4. The molecule has 4 N–H and O–H groups in total. The van der Waals surface area contributed by atoms with Gasteiger partial charge in [-0.15, -0.1) is 11.3 Å². The van der Waals surface area contributed by atoms with Crippen molar-refractivity contribution in [1.82, 2.24) is 25.8 Å². The number of aliphatic hydroxyl groups is 1. The van der Waals surface area contributed by atoms with E-state index in [0.717, 1.165) is 59.7 Å². The smallest absolute Gasteiger partial charge is 0.251 e. The Labute approximate surface area is 421 Å². The molecule has 3 fully saturated rings. The molecule has 1 saturated carbocycles. The van der Waals surface area contributed by atoms with E-state index >= 15 is 0 Å². The first-order valence-electron chi connectivity index (χ1n) is 24.3. The molecule has 7 rings (SSSR count). The Morgan fingerprint density at radius 3 is 2.26 bits per heavy atom. The molecule has 1 aromatic heterocycles. The highest BCUT2D eigenvalue weighted by molar-refractivity contribution is 7.13. The second-order valence-corrected chi connectivity index (χ2v) is 22.8.